The molecule has 0 fully saturated rings. The Balaban J connectivity index is 2.20. The molecule has 6 nitrogen and oxygen atoms in total. The fourth-order valence-corrected chi connectivity index (χ4v) is 2.40. The van der Waals surface area contributed by atoms with Crippen LogP contribution in [0.25, 0.3) is 0 Å². The largest absolute Gasteiger partial charge is 0.329 e. The van der Waals surface area contributed by atoms with Crippen molar-refractivity contribution < 1.29 is 4.79 Å². The Morgan fingerprint density at radius 1 is 1.32 bits per heavy atom. The second kappa shape index (κ2) is 8.40. The summed E-state index contributed by atoms with van der Waals surface area (Å²) in [5.74, 6) is 0.0600. The molecule has 1 aromatic carbocycles. The average Bonchev–Trinajstić information content (AvgIpc) is 2.58. The molecular weight excluding hydrogens is 382 g/mol. The summed E-state index contributed by atoms with van der Waals surface area (Å²) in [6, 6.07) is 7.74. The second-order valence-corrected chi connectivity index (χ2v) is 6.60. The van der Waals surface area contributed by atoms with Gasteiger partial charge in [0.05, 0.1) is 4.47 Å². The molecule has 1 amide bonds. The molecule has 2 N–H and O–H groups in total. The summed E-state index contributed by atoms with van der Waals surface area (Å²) in [5.41, 5.74) is 2.64. The number of carbonyl (C=O) groups excluding carboxylic acids is 1. The highest BCUT2D eigenvalue weighted by atomic mass is 79.9. The third-order valence-corrected chi connectivity index (χ3v) is 3.91. The lowest BCUT2D eigenvalue weighted by Crippen LogP contribution is -2.17. The molecule has 2 rings (SSSR count). The third-order valence-electron chi connectivity index (χ3n) is 3.50. The number of nitriles is 1. The molecule has 0 bridgehead atoms. The van der Waals surface area contributed by atoms with Crippen molar-refractivity contribution in [1.29, 1.82) is 5.26 Å². The zero-order valence-corrected chi connectivity index (χ0v) is 15.8. The maximum Gasteiger partial charge on any atom is 0.267 e. The van der Waals surface area contributed by atoms with Gasteiger partial charge < -0.3 is 10.6 Å². The Hall–Kier alpha value is -2.72. The van der Waals surface area contributed by atoms with Crippen LogP contribution in [0.1, 0.15) is 30.9 Å². The number of benzene rings is 1. The molecule has 0 spiro atoms. The quantitative estimate of drug-likeness (QED) is 0.582. The lowest BCUT2D eigenvalue weighted by molar-refractivity contribution is -0.112. The molecule has 0 atom stereocenters. The maximum atomic E-state index is 12.5. The van der Waals surface area contributed by atoms with Crippen LogP contribution in [0.3, 0.4) is 0 Å². The number of halogens is 1. The number of hydrogen-bond donors (Lipinski definition) is 2. The van der Waals surface area contributed by atoms with E-state index < -0.39 is 5.91 Å². The number of aromatic nitrogens is 2. The van der Waals surface area contributed by atoms with Crippen molar-refractivity contribution in [1.82, 2.24) is 9.97 Å². The van der Waals surface area contributed by atoms with E-state index in [4.69, 9.17) is 0 Å². The highest BCUT2D eigenvalue weighted by Gasteiger charge is 2.15. The average molecular weight is 400 g/mol. The smallest absolute Gasteiger partial charge is 0.267 e. The standard InChI is InChI=1S/C18H18BrN5O/c1-11(2)15-6-4-5-12(3)16(15)24-17(25)13(7-20)8-21-18-22-9-14(19)10-23-18/h4-6,8-11H,1-3H3,(H,24,25)(H,21,22,23)/b13-8-. The van der Waals surface area contributed by atoms with Gasteiger partial charge in [-0.05, 0) is 39.9 Å². The molecular formula is C18H18BrN5O. The van der Waals surface area contributed by atoms with Crippen LogP contribution in [0, 0.1) is 18.3 Å². The van der Waals surface area contributed by atoms with Crippen LogP contribution < -0.4 is 10.6 Å². The first kappa shape index (κ1) is 18.6. The van der Waals surface area contributed by atoms with Gasteiger partial charge in [0, 0.05) is 24.3 Å². The molecule has 0 radical (unpaired) electrons. The minimum absolute atomic E-state index is 0.0653. The van der Waals surface area contributed by atoms with E-state index in [-0.39, 0.29) is 11.5 Å². The van der Waals surface area contributed by atoms with Gasteiger partial charge in [-0.25, -0.2) is 9.97 Å². The van der Waals surface area contributed by atoms with Gasteiger partial charge in [-0.15, -0.1) is 0 Å². The van der Waals surface area contributed by atoms with Crippen molar-refractivity contribution in [2.45, 2.75) is 26.7 Å². The molecule has 25 heavy (non-hydrogen) atoms. The van der Waals surface area contributed by atoms with Gasteiger partial charge in [-0.2, -0.15) is 5.26 Å². The van der Waals surface area contributed by atoms with E-state index in [1.165, 1.54) is 6.20 Å². The predicted octanol–water partition coefficient (Wildman–Crippen LogP) is 4.13. The normalized spacial score (nSPS) is 11.1. The Labute approximate surface area is 155 Å². The fourth-order valence-electron chi connectivity index (χ4n) is 2.20. The van der Waals surface area contributed by atoms with E-state index in [1.54, 1.807) is 12.4 Å². The van der Waals surface area contributed by atoms with E-state index in [1.807, 2.05) is 31.2 Å². The van der Waals surface area contributed by atoms with Crippen LogP contribution in [-0.4, -0.2) is 15.9 Å². The first-order valence-corrected chi connectivity index (χ1v) is 8.47. The molecule has 2 aromatic rings. The molecule has 1 heterocycles. The number of nitrogens with zero attached hydrogens (tertiary/aromatic N) is 3. The highest BCUT2D eigenvalue weighted by molar-refractivity contribution is 9.10. The number of hydrogen-bond acceptors (Lipinski definition) is 5. The predicted molar refractivity (Wildman–Crippen MR) is 101 cm³/mol. The molecule has 0 unspecified atom stereocenters. The van der Waals surface area contributed by atoms with E-state index in [0.29, 0.717) is 5.95 Å². The molecule has 0 aliphatic heterocycles. The summed E-state index contributed by atoms with van der Waals surface area (Å²) in [4.78, 5) is 20.5. The molecule has 0 aliphatic rings. The van der Waals surface area contributed by atoms with Crippen LogP contribution in [0.5, 0.6) is 0 Å². The minimum Gasteiger partial charge on any atom is -0.329 e. The lowest BCUT2D eigenvalue weighted by Gasteiger charge is -2.16. The SMILES string of the molecule is Cc1cccc(C(C)C)c1NC(=O)/C(C#N)=C\Nc1ncc(Br)cn1. The van der Waals surface area contributed by atoms with Gasteiger partial charge in [0.15, 0.2) is 0 Å². The molecule has 0 aliphatic carbocycles. The topological polar surface area (TPSA) is 90.7 Å². The highest BCUT2D eigenvalue weighted by Crippen LogP contribution is 2.27. The minimum atomic E-state index is -0.483. The van der Waals surface area contributed by atoms with E-state index in [2.05, 4.69) is 50.4 Å². The molecule has 1 aromatic heterocycles. The van der Waals surface area contributed by atoms with Crippen molar-refractivity contribution in [3.05, 3.63) is 58.0 Å². The Bertz CT molecular complexity index is 838. The monoisotopic (exact) mass is 399 g/mol. The number of aryl methyl sites for hydroxylation is 1. The summed E-state index contributed by atoms with van der Waals surface area (Å²) in [5, 5.41) is 14.9. The van der Waals surface area contributed by atoms with Crippen LogP contribution in [0.2, 0.25) is 0 Å². The van der Waals surface area contributed by atoms with E-state index >= 15 is 0 Å². The maximum absolute atomic E-state index is 12.5. The summed E-state index contributed by atoms with van der Waals surface area (Å²) in [6.45, 7) is 6.03. The Morgan fingerprint density at radius 2 is 2.00 bits per heavy atom. The summed E-state index contributed by atoms with van der Waals surface area (Å²) in [7, 11) is 0. The van der Waals surface area contributed by atoms with Gasteiger partial charge in [0.1, 0.15) is 11.6 Å². The fraction of sp³-hybridized carbons (Fsp3) is 0.222. The van der Waals surface area contributed by atoms with Crippen molar-refractivity contribution in [2.75, 3.05) is 10.6 Å². The van der Waals surface area contributed by atoms with Crippen LogP contribution in [0.15, 0.2) is 46.8 Å². The van der Waals surface area contributed by atoms with Crippen molar-refractivity contribution >= 4 is 33.5 Å². The Morgan fingerprint density at radius 3 is 2.60 bits per heavy atom. The van der Waals surface area contributed by atoms with Crippen molar-refractivity contribution in [3.8, 4) is 6.07 Å². The van der Waals surface area contributed by atoms with E-state index in [9.17, 15) is 10.1 Å². The van der Waals surface area contributed by atoms with Gasteiger partial charge >= 0.3 is 0 Å². The number of carbonyl (C=O) groups is 1. The first-order valence-electron chi connectivity index (χ1n) is 7.67. The second-order valence-electron chi connectivity index (χ2n) is 5.69. The summed E-state index contributed by atoms with van der Waals surface area (Å²) in [6.07, 6.45) is 4.43. The van der Waals surface area contributed by atoms with Gasteiger partial charge in [-0.3, -0.25) is 4.79 Å². The van der Waals surface area contributed by atoms with Crippen molar-refractivity contribution in [3.63, 3.8) is 0 Å². The number of amides is 1. The lowest BCUT2D eigenvalue weighted by atomic mass is 9.98. The summed E-state index contributed by atoms with van der Waals surface area (Å²) < 4.78 is 0.737. The van der Waals surface area contributed by atoms with Crippen molar-refractivity contribution in [2.24, 2.45) is 0 Å². The van der Waals surface area contributed by atoms with E-state index in [0.717, 1.165) is 21.3 Å². The molecule has 0 saturated heterocycles. The number of anilines is 2. The molecule has 0 saturated carbocycles. The van der Waals surface area contributed by atoms with Crippen LogP contribution in [0.4, 0.5) is 11.6 Å². The molecule has 7 heteroatoms. The number of nitrogens with one attached hydrogen (secondary N) is 2. The summed E-state index contributed by atoms with van der Waals surface area (Å²) >= 11 is 3.24. The Kier molecular flexibility index (Phi) is 6.25. The van der Waals surface area contributed by atoms with Crippen LogP contribution >= 0.6 is 15.9 Å². The van der Waals surface area contributed by atoms with Gasteiger partial charge in [0.2, 0.25) is 5.95 Å². The molecule has 128 valence electrons. The number of rotatable bonds is 5. The van der Waals surface area contributed by atoms with Crippen LogP contribution in [-0.2, 0) is 4.79 Å². The van der Waals surface area contributed by atoms with Gasteiger partial charge in [0.25, 0.3) is 5.91 Å². The zero-order valence-electron chi connectivity index (χ0n) is 14.2. The van der Waals surface area contributed by atoms with Gasteiger partial charge in [-0.1, -0.05) is 32.0 Å². The first-order chi connectivity index (χ1) is 11.9. The zero-order chi connectivity index (χ0) is 18.4. The number of para-hydroxylation sites is 1. The third kappa shape index (κ3) is 4.88.